The maximum Gasteiger partial charge on any atom is 0.0736 e. The molecule has 1 aliphatic heterocycles. The van der Waals surface area contributed by atoms with E-state index in [1.807, 2.05) is 11.8 Å². The van der Waals surface area contributed by atoms with E-state index in [0.717, 1.165) is 34.1 Å². The third-order valence-corrected chi connectivity index (χ3v) is 12.7. The van der Waals surface area contributed by atoms with Crippen LogP contribution < -0.4 is 9.80 Å². The molecule has 1 atom stereocenters. The van der Waals surface area contributed by atoms with E-state index in [0.29, 0.717) is 0 Å². The minimum atomic E-state index is -0.552. The molecule has 264 valence electrons. The molecule has 11 rings (SSSR count). The average Bonchev–Trinajstić information content (AvgIpc) is 3.55. The molecular formula is C53H36N2S. The molecule has 9 aromatic carbocycles. The molecule has 0 saturated heterocycles. The minimum Gasteiger partial charge on any atom is -0.310 e. The van der Waals surface area contributed by atoms with E-state index >= 15 is 0 Å². The molecule has 1 aliphatic carbocycles. The van der Waals surface area contributed by atoms with Crippen LogP contribution in [0.2, 0.25) is 0 Å². The van der Waals surface area contributed by atoms with Gasteiger partial charge in [-0.05, 0) is 117 Å². The van der Waals surface area contributed by atoms with E-state index in [9.17, 15) is 0 Å². The fraction of sp³-hybridized carbons (Fsp3) is 0.0189. The van der Waals surface area contributed by atoms with E-state index in [2.05, 4.69) is 228 Å². The Labute approximate surface area is 332 Å². The van der Waals surface area contributed by atoms with Crippen molar-refractivity contribution >= 4 is 56.7 Å². The van der Waals surface area contributed by atoms with Gasteiger partial charge in [0.05, 0.1) is 5.41 Å². The number of rotatable bonds is 6. The van der Waals surface area contributed by atoms with Gasteiger partial charge in [0.25, 0.3) is 0 Å². The quantitative estimate of drug-likeness (QED) is 0.168. The van der Waals surface area contributed by atoms with Crippen molar-refractivity contribution in [2.45, 2.75) is 15.2 Å². The Hall–Kier alpha value is -6.81. The van der Waals surface area contributed by atoms with Crippen LogP contribution in [-0.4, -0.2) is 0 Å². The van der Waals surface area contributed by atoms with E-state index in [4.69, 9.17) is 0 Å². The van der Waals surface area contributed by atoms with Gasteiger partial charge in [0.1, 0.15) is 0 Å². The predicted octanol–water partition coefficient (Wildman–Crippen LogP) is 14.6. The largest absolute Gasteiger partial charge is 0.310 e. The van der Waals surface area contributed by atoms with Crippen LogP contribution in [0.5, 0.6) is 0 Å². The lowest BCUT2D eigenvalue weighted by molar-refractivity contribution is 0.726. The highest BCUT2D eigenvalue weighted by Crippen LogP contribution is 2.64. The maximum atomic E-state index is 2.47. The van der Waals surface area contributed by atoms with Gasteiger partial charge in [-0.3, -0.25) is 0 Å². The molecule has 9 aromatic rings. The number of anilines is 6. The van der Waals surface area contributed by atoms with E-state index < -0.39 is 5.41 Å². The molecule has 1 unspecified atom stereocenters. The highest BCUT2D eigenvalue weighted by molar-refractivity contribution is 7.99. The van der Waals surface area contributed by atoms with Crippen molar-refractivity contribution in [3.8, 4) is 11.1 Å². The lowest BCUT2D eigenvalue weighted by atomic mass is 9.67. The number of hydrogen-bond acceptors (Lipinski definition) is 3. The second-order valence-corrected chi connectivity index (χ2v) is 15.5. The minimum absolute atomic E-state index is 0.552. The Morgan fingerprint density at radius 2 is 0.804 bits per heavy atom. The van der Waals surface area contributed by atoms with Crippen LogP contribution in [0.4, 0.5) is 34.1 Å². The lowest BCUT2D eigenvalue weighted by Crippen LogP contribution is -2.32. The van der Waals surface area contributed by atoms with Gasteiger partial charge in [-0.25, -0.2) is 0 Å². The third-order valence-electron chi connectivity index (χ3n) is 11.5. The fourth-order valence-corrected chi connectivity index (χ4v) is 10.5. The van der Waals surface area contributed by atoms with Crippen molar-refractivity contribution < 1.29 is 0 Å². The topological polar surface area (TPSA) is 6.48 Å². The van der Waals surface area contributed by atoms with Crippen LogP contribution in [0.15, 0.2) is 228 Å². The van der Waals surface area contributed by atoms with Gasteiger partial charge in [0, 0.05) is 43.9 Å². The van der Waals surface area contributed by atoms with Crippen molar-refractivity contribution in [2.75, 3.05) is 9.80 Å². The zero-order chi connectivity index (χ0) is 37.1. The van der Waals surface area contributed by atoms with Gasteiger partial charge >= 0.3 is 0 Å². The number of para-hydroxylation sites is 4. The van der Waals surface area contributed by atoms with E-state index in [1.165, 1.54) is 53.9 Å². The summed E-state index contributed by atoms with van der Waals surface area (Å²) >= 11 is 1.91. The lowest BCUT2D eigenvalue weighted by Gasteiger charge is -2.41. The van der Waals surface area contributed by atoms with Gasteiger partial charge in [-0.15, -0.1) is 0 Å². The zero-order valence-electron chi connectivity index (χ0n) is 30.6. The van der Waals surface area contributed by atoms with E-state index in [-0.39, 0.29) is 0 Å². The normalized spacial score (nSPS) is 14.8. The van der Waals surface area contributed by atoms with Crippen LogP contribution in [0.1, 0.15) is 22.3 Å². The fourth-order valence-electron chi connectivity index (χ4n) is 9.14. The smallest absolute Gasteiger partial charge is 0.0736 e. The van der Waals surface area contributed by atoms with Crippen molar-refractivity contribution in [3.05, 3.63) is 241 Å². The average molecular weight is 733 g/mol. The summed E-state index contributed by atoms with van der Waals surface area (Å²) in [4.78, 5) is 7.34. The van der Waals surface area contributed by atoms with Crippen LogP contribution >= 0.6 is 11.8 Å². The first kappa shape index (κ1) is 32.6. The van der Waals surface area contributed by atoms with Crippen LogP contribution in [0.3, 0.4) is 0 Å². The molecule has 2 nitrogen and oxygen atoms in total. The Morgan fingerprint density at radius 3 is 1.43 bits per heavy atom. The summed E-state index contributed by atoms with van der Waals surface area (Å²) in [5.41, 5.74) is 14.1. The monoisotopic (exact) mass is 732 g/mol. The summed E-state index contributed by atoms with van der Waals surface area (Å²) in [6, 6.07) is 79.9. The van der Waals surface area contributed by atoms with Crippen molar-refractivity contribution in [1.29, 1.82) is 0 Å². The first-order valence-electron chi connectivity index (χ1n) is 19.2. The zero-order valence-corrected chi connectivity index (χ0v) is 31.4. The molecule has 0 aromatic heterocycles. The van der Waals surface area contributed by atoms with Crippen LogP contribution in [0.25, 0.3) is 21.9 Å². The van der Waals surface area contributed by atoms with Crippen LogP contribution in [-0.2, 0) is 5.41 Å². The van der Waals surface area contributed by atoms with Crippen molar-refractivity contribution in [2.24, 2.45) is 0 Å². The van der Waals surface area contributed by atoms with Gasteiger partial charge in [-0.1, -0.05) is 157 Å². The number of fused-ring (bicyclic) bond motifs is 11. The molecule has 0 saturated carbocycles. The third kappa shape index (κ3) is 4.98. The summed E-state index contributed by atoms with van der Waals surface area (Å²) in [5.74, 6) is 0. The number of hydrogen-bond donors (Lipinski definition) is 0. The van der Waals surface area contributed by atoms with Gasteiger partial charge in [-0.2, -0.15) is 0 Å². The first-order chi connectivity index (χ1) is 27.8. The summed E-state index contributed by atoms with van der Waals surface area (Å²) < 4.78 is 0. The summed E-state index contributed by atoms with van der Waals surface area (Å²) in [6.45, 7) is 0. The maximum absolute atomic E-state index is 2.47. The van der Waals surface area contributed by atoms with Gasteiger partial charge in [0.2, 0.25) is 0 Å². The molecule has 0 bridgehead atoms. The molecule has 56 heavy (non-hydrogen) atoms. The molecule has 0 amide bonds. The Morgan fingerprint density at radius 1 is 0.321 bits per heavy atom. The van der Waals surface area contributed by atoms with E-state index in [1.54, 1.807) is 0 Å². The Kier molecular flexibility index (Phi) is 7.68. The second-order valence-electron chi connectivity index (χ2n) is 14.5. The van der Waals surface area contributed by atoms with Crippen molar-refractivity contribution in [1.82, 2.24) is 0 Å². The molecule has 3 heteroatoms. The number of benzene rings is 9. The van der Waals surface area contributed by atoms with Crippen LogP contribution in [0, 0.1) is 0 Å². The van der Waals surface area contributed by atoms with Gasteiger partial charge in [0.15, 0.2) is 0 Å². The second kappa shape index (κ2) is 13.2. The highest BCUT2D eigenvalue weighted by atomic mass is 32.2. The molecule has 1 heterocycles. The Bertz CT molecular complexity index is 2810. The van der Waals surface area contributed by atoms with Gasteiger partial charge < -0.3 is 9.80 Å². The summed E-state index contributed by atoms with van der Waals surface area (Å²) in [5, 5.41) is 2.54. The first-order valence-corrected chi connectivity index (χ1v) is 20.0. The molecule has 1 spiro atoms. The number of nitrogens with zero attached hydrogens (tertiary/aromatic N) is 2. The molecule has 0 N–H and O–H groups in total. The van der Waals surface area contributed by atoms with Crippen molar-refractivity contribution in [3.63, 3.8) is 0 Å². The Balaban J connectivity index is 1.21. The highest BCUT2D eigenvalue weighted by Gasteiger charge is 2.51. The predicted molar refractivity (Wildman–Crippen MR) is 235 cm³/mol. The molecule has 0 fully saturated rings. The summed E-state index contributed by atoms with van der Waals surface area (Å²) in [7, 11) is 0. The summed E-state index contributed by atoms with van der Waals surface area (Å²) in [6.07, 6.45) is 0. The molecule has 2 aliphatic rings. The SMILES string of the molecule is c1ccc(N(c2ccccc2)c2ccc3c(c2)Sc2c(ccc4ccccc24)C32c3ccccc3-c3ccc(N(c4ccccc4)c4ccccc4)cc32)cc1. The standard InChI is InChI=1S/C53H36N2S/c1-5-18-38(19-6-1)54(39-20-7-2-8-21-39)42-30-32-46-45-27-15-16-28-47(45)53(50(46)35-42)48-34-31-43(55(40-22-9-3-10-23-40)41-24-11-4-12-25-41)36-51(48)56-52-44-26-14-13-17-37(44)29-33-49(52)53/h1-36H. The molecule has 0 radical (unpaired) electrons. The molecular weight excluding hydrogens is 697 g/mol.